The van der Waals surface area contributed by atoms with Crippen molar-refractivity contribution in [1.29, 1.82) is 0 Å². The average molecular weight is 430 g/mol. The Bertz CT molecular complexity index is 1020. The van der Waals surface area contributed by atoms with E-state index in [4.69, 9.17) is 11.6 Å². The van der Waals surface area contributed by atoms with Crippen molar-refractivity contribution in [3.05, 3.63) is 52.6 Å². The highest BCUT2D eigenvalue weighted by molar-refractivity contribution is 6.30. The van der Waals surface area contributed by atoms with Crippen molar-refractivity contribution < 1.29 is 14.4 Å². The Morgan fingerprint density at radius 3 is 2.83 bits per heavy atom. The quantitative estimate of drug-likeness (QED) is 0.727. The minimum Gasteiger partial charge on any atom is -0.342 e. The van der Waals surface area contributed by atoms with Gasteiger partial charge in [0.15, 0.2) is 5.54 Å². The highest BCUT2D eigenvalue weighted by Gasteiger charge is 2.50. The van der Waals surface area contributed by atoms with E-state index in [0.29, 0.717) is 23.9 Å². The van der Waals surface area contributed by atoms with Crippen molar-refractivity contribution in [2.75, 3.05) is 13.1 Å². The predicted molar refractivity (Wildman–Crippen MR) is 111 cm³/mol. The number of aryl methyl sites for hydroxylation is 1. The number of imide groups is 1. The van der Waals surface area contributed by atoms with Gasteiger partial charge in [0, 0.05) is 44.0 Å². The number of fused-ring (bicyclic) bond motifs is 1. The number of rotatable bonds is 4. The number of amides is 4. The van der Waals surface area contributed by atoms with Crippen molar-refractivity contribution in [2.24, 2.45) is 7.05 Å². The molecule has 158 valence electrons. The Balaban J connectivity index is 1.50. The molecule has 0 bridgehead atoms. The van der Waals surface area contributed by atoms with E-state index >= 15 is 0 Å². The van der Waals surface area contributed by atoms with Gasteiger partial charge in [0.1, 0.15) is 5.82 Å². The Morgan fingerprint density at radius 2 is 2.17 bits per heavy atom. The molecular formula is C21H24ClN5O3. The number of halogens is 1. The van der Waals surface area contributed by atoms with Gasteiger partial charge in [0.05, 0.1) is 0 Å². The molecule has 0 radical (unpaired) electrons. The van der Waals surface area contributed by atoms with Gasteiger partial charge < -0.3 is 14.8 Å². The van der Waals surface area contributed by atoms with E-state index in [-0.39, 0.29) is 24.7 Å². The number of urea groups is 1. The molecule has 4 rings (SSSR count). The van der Waals surface area contributed by atoms with Crippen LogP contribution in [0.2, 0.25) is 5.02 Å². The summed E-state index contributed by atoms with van der Waals surface area (Å²) in [5, 5.41) is 5.67. The lowest BCUT2D eigenvalue weighted by molar-refractivity contribution is -0.132. The molecule has 0 saturated carbocycles. The number of imidazole rings is 1. The van der Waals surface area contributed by atoms with Gasteiger partial charge in [-0.15, -0.1) is 0 Å². The van der Waals surface area contributed by atoms with Crippen molar-refractivity contribution in [2.45, 2.75) is 37.6 Å². The number of hydrogen-bond acceptors (Lipinski definition) is 4. The van der Waals surface area contributed by atoms with Gasteiger partial charge in [-0.05, 0) is 42.0 Å². The molecule has 0 spiro atoms. The van der Waals surface area contributed by atoms with Gasteiger partial charge in [-0.25, -0.2) is 9.78 Å². The van der Waals surface area contributed by atoms with Crippen LogP contribution in [0.5, 0.6) is 0 Å². The van der Waals surface area contributed by atoms with Gasteiger partial charge in [-0.3, -0.25) is 14.9 Å². The molecule has 4 amide bonds. The van der Waals surface area contributed by atoms with E-state index in [9.17, 15) is 14.4 Å². The van der Waals surface area contributed by atoms with E-state index < -0.39 is 17.5 Å². The molecule has 2 aliphatic heterocycles. The molecule has 30 heavy (non-hydrogen) atoms. The maximum Gasteiger partial charge on any atom is 0.322 e. The van der Waals surface area contributed by atoms with Crippen LogP contribution in [0.15, 0.2) is 30.6 Å². The summed E-state index contributed by atoms with van der Waals surface area (Å²) in [7, 11) is 1.75. The fourth-order valence-electron chi connectivity index (χ4n) is 4.42. The zero-order valence-corrected chi connectivity index (χ0v) is 17.7. The van der Waals surface area contributed by atoms with Crippen LogP contribution in [0.3, 0.4) is 0 Å². The van der Waals surface area contributed by atoms with E-state index in [0.717, 1.165) is 6.42 Å². The third-order valence-electron chi connectivity index (χ3n) is 6.00. The lowest BCUT2D eigenvalue weighted by atomic mass is 9.91. The molecule has 1 aromatic carbocycles. The summed E-state index contributed by atoms with van der Waals surface area (Å²) in [6, 6.07) is 5.30. The topological polar surface area (TPSA) is 96.3 Å². The largest absolute Gasteiger partial charge is 0.342 e. The lowest BCUT2D eigenvalue weighted by Crippen LogP contribution is -2.47. The minimum absolute atomic E-state index is 0.0525. The second-order valence-electron chi connectivity index (χ2n) is 8.01. The fourth-order valence-corrected chi connectivity index (χ4v) is 4.60. The first-order chi connectivity index (χ1) is 14.3. The minimum atomic E-state index is -1.35. The highest BCUT2D eigenvalue weighted by Crippen LogP contribution is 2.31. The molecule has 2 atom stereocenters. The van der Waals surface area contributed by atoms with E-state index in [2.05, 4.69) is 22.5 Å². The summed E-state index contributed by atoms with van der Waals surface area (Å²) >= 11 is 6.16. The smallest absolute Gasteiger partial charge is 0.322 e. The first kappa shape index (κ1) is 20.4. The second kappa shape index (κ2) is 7.75. The van der Waals surface area contributed by atoms with Crippen LogP contribution in [0.25, 0.3) is 0 Å². The maximum atomic E-state index is 13.1. The van der Waals surface area contributed by atoms with Crippen LogP contribution in [0.1, 0.15) is 42.6 Å². The Morgan fingerprint density at radius 1 is 1.37 bits per heavy atom. The van der Waals surface area contributed by atoms with Gasteiger partial charge in [0.25, 0.3) is 5.91 Å². The number of carbonyl (C=O) groups excluding carboxylic acids is 3. The highest BCUT2D eigenvalue weighted by atomic mass is 35.5. The van der Waals surface area contributed by atoms with Crippen LogP contribution in [0, 0.1) is 0 Å². The third-order valence-corrected chi connectivity index (χ3v) is 6.23. The van der Waals surface area contributed by atoms with E-state index in [1.807, 2.05) is 23.1 Å². The lowest BCUT2D eigenvalue weighted by Gasteiger charge is -2.28. The number of aromatic nitrogens is 2. The molecule has 2 aliphatic rings. The third kappa shape index (κ3) is 3.56. The van der Waals surface area contributed by atoms with Crippen molar-refractivity contribution in [3.8, 4) is 0 Å². The molecule has 0 unspecified atom stereocenters. The monoisotopic (exact) mass is 429 g/mol. The summed E-state index contributed by atoms with van der Waals surface area (Å²) in [4.78, 5) is 43.7. The van der Waals surface area contributed by atoms with E-state index in [1.165, 1.54) is 11.1 Å². The summed E-state index contributed by atoms with van der Waals surface area (Å²) in [6.45, 7) is 3.27. The summed E-state index contributed by atoms with van der Waals surface area (Å²) in [6.07, 6.45) is 4.28. The fraction of sp³-hybridized carbons (Fsp3) is 0.429. The molecular weight excluding hydrogens is 406 g/mol. The van der Waals surface area contributed by atoms with Crippen LogP contribution in [-0.2, 0) is 28.6 Å². The number of nitrogens with one attached hydrogen (secondary N) is 2. The van der Waals surface area contributed by atoms with Crippen LogP contribution < -0.4 is 10.6 Å². The SMILES string of the molecule is C[C@H]1CN(C(=O)CC[C@@]2(c3nccn3C)NC(=O)NC2=O)CCc2ccc(Cl)cc21. The van der Waals surface area contributed by atoms with E-state index in [1.54, 1.807) is 24.0 Å². The van der Waals surface area contributed by atoms with Crippen LogP contribution in [0.4, 0.5) is 4.79 Å². The van der Waals surface area contributed by atoms with Crippen LogP contribution >= 0.6 is 11.6 Å². The van der Waals surface area contributed by atoms with Crippen LogP contribution in [-0.4, -0.2) is 45.4 Å². The standard InChI is InChI=1S/C21H24ClN5O3/c1-13-12-27(9-6-14-3-4-15(22)11-16(13)14)17(28)5-7-21(18-23-8-10-26(18)2)19(29)24-20(30)25-21/h3-4,8,10-11,13H,5-7,9,12H2,1-2H3,(H2,24,25,29,30)/t13-,21-/m0/s1. The second-order valence-corrected chi connectivity index (χ2v) is 8.45. The average Bonchev–Trinajstić information content (AvgIpc) is 3.21. The van der Waals surface area contributed by atoms with Gasteiger partial charge >= 0.3 is 6.03 Å². The number of carbonyl (C=O) groups is 3. The molecule has 1 aromatic heterocycles. The predicted octanol–water partition coefficient (Wildman–Crippen LogP) is 2.08. The number of hydrogen-bond donors (Lipinski definition) is 2. The molecule has 2 N–H and O–H groups in total. The molecule has 9 heteroatoms. The van der Waals surface area contributed by atoms with Gasteiger partial charge in [0.2, 0.25) is 5.91 Å². The van der Waals surface area contributed by atoms with Gasteiger partial charge in [-0.1, -0.05) is 24.6 Å². The molecule has 8 nitrogen and oxygen atoms in total. The molecule has 2 aromatic rings. The zero-order chi connectivity index (χ0) is 21.5. The summed E-state index contributed by atoms with van der Waals surface area (Å²) < 4.78 is 1.68. The molecule has 0 aliphatic carbocycles. The first-order valence-corrected chi connectivity index (χ1v) is 10.4. The number of benzene rings is 1. The zero-order valence-electron chi connectivity index (χ0n) is 16.9. The summed E-state index contributed by atoms with van der Waals surface area (Å²) in [5.41, 5.74) is 1.03. The van der Waals surface area contributed by atoms with Crippen molar-refractivity contribution in [1.82, 2.24) is 25.1 Å². The first-order valence-electron chi connectivity index (χ1n) is 9.97. The number of nitrogens with zero attached hydrogens (tertiary/aromatic N) is 3. The normalized spacial score (nSPS) is 23.6. The molecule has 1 saturated heterocycles. The summed E-state index contributed by atoms with van der Waals surface area (Å²) in [5.74, 6) is 0.0252. The van der Waals surface area contributed by atoms with Crippen molar-refractivity contribution in [3.63, 3.8) is 0 Å². The van der Waals surface area contributed by atoms with Crippen molar-refractivity contribution >= 4 is 29.4 Å². The Kier molecular flexibility index (Phi) is 5.27. The van der Waals surface area contributed by atoms with Gasteiger partial charge in [-0.2, -0.15) is 0 Å². The Labute approximate surface area is 179 Å². The maximum absolute atomic E-state index is 13.1. The molecule has 1 fully saturated rings. The molecule has 3 heterocycles. The Hall–Kier alpha value is -2.87.